The second kappa shape index (κ2) is 5.75. The first kappa shape index (κ1) is 15.0. The smallest absolute Gasteiger partial charge is 0.394 e. The van der Waals surface area contributed by atoms with Gasteiger partial charge in [0.1, 0.15) is 11.6 Å². The van der Waals surface area contributed by atoms with E-state index >= 15 is 0 Å². The summed E-state index contributed by atoms with van der Waals surface area (Å²) in [5.74, 6) is -3.01. The number of nitrogens with two attached hydrogens (primary N) is 2. The van der Waals surface area contributed by atoms with Crippen LogP contribution < -0.4 is 11.5 Å². The number of benzene rings is 1. The molecule has 1 aromatic rings. The summed E-state index contributed by atoms with van der Waals surface area (Å²) in [5, 5.41) is 7.41. The normalized spacial score (nSPS) is 13.7. The molecule has 1 amide bonds. The summed E-state index contributed by atoms with van der Waals surface area (Å²) in [6.45, 7) is 2.92. The Labute approximate surface area is 109 Å². The second-order valence-electron chi connectivity index (χ2n) is 4.19. The predicted molar refractivity (Wildman–Crippen MR) is 65.9 cm³/mol. The highest BCUT2D eigenvalue weighted by molar-refractivity contribution is 5.89. The van der Waals surface area contributed by atoms with Crippen molar-refractivity contribution in [1.29, 1.82) is 5.41 Å². The monoisotopic (exact) mass is 271 g/mol. The molecular formula is C12H15F2N3O2. The molecule has 0 radical (unpaired) electrons. The van der Waals surface area contributed by atoms with Crippen molar-refractivity contribution in [2.24, 2.45) is 11.5 Å². The third kappa shape index (κ3) is 3.25. The fraction of sp³-hybridized carbons (Fsp3) is 0.333. The van der Waals surface area contributed by atoms with Gasteiger partial charge in [0, 0.05) is 11.5 Å². The minimum absolute atomic E-state index is 0.245. The van der Waals surface area contributed by atoms with Crippen molar-refractivity contribution in [3.63, 3.8) is 0 Å². The maximum absolute atomic E-state index is 13.9. The molecule has 0 aliphatic rings. The summed E-state index contributed by atoms with van der Waals surface area (Å²) in [5.41, 5.74) is 10.4. The molecule has 104 valence electrons. The minimum atomic E-state index is -1.20. The van der Waals surface area contributed by atoms with Crippen LogP contribution in [0.25, 0.3) is 0 Å². The average Bonchev–Trinajstić information content (AvgIpc) is 2.32. The van der Waals surface area contributed by atoms with E-state index in [2.05, 4.69) is 4.74 Å². The van der Waals surface area contributed by atoms with E-state index < -0.39 is 35.6 Å². The summed E-state index contributed by atoms with van der Waals surface area (Å²) in [6.07, 6.45) is -1.20. The first-order chi connectivity index (χ1) is 8.75. The Morgan fingerprint density at radius 2 is 2.00 bits per heavy atom. The lowest BCUT2D eigenvalue weighted by molar-refractivity contribution is 0.204. The molecule has 19 heavy (non-hydrogen) atoms. The minimum Gasteiger partial charge on any atom is -0.394 e. The van der Waals surface area contributed by atoms with Crippen molar-refractivity contribution < 1.29 is 18.3 Å². The highest BCUT2D eigenvalue weighted by Gasteiger charge is 2.27. The molecule has 0 saturated heterocycles. The molecule has 2 atom stereocenters. The van der Waals surface area contributed by atoms with Gasteiger partial charge in [-0.05, 0) is 18.6 Å². The van der Waals surface area contributed by atoms with E-state index in [4.69, 9.17) is 16.9 Å². The Balaban J connectivity index is 3.06. The van der Waals surface area contributed by atoms with Crippen molar-refractivity contribution in [3.05, 3.63) is 34.9 Å². The molecule has 5 N–H and O–H groups in total. The van der Waals surface area contributed by atoms with Crippen molar-refractivity contribution in [2.45, 2.75) is 25.8 Å². The molecule has 0 bridgehead atoms. The van der Waals surface area contributed by atoms with Gasteiger partial charge in [-0.15, -0.1) is 0 Å². The van der Waals surface area contributed by atoms with Crippen LogP contribution >= 0.6 is 0 Å². The van der Waals surface area contributed by atoms with E-state index in [9.17, 15) is 13.6 Å². The summed E-state index contributed by atoms with van der Waals surface area (Å²) in [4.78, 5) is 10.5. The zero-order chi connectivity index (χ0) is 14.7. The molecule has 1 aromatic carbocycles. The van der Waals surface area contributed by atoms with Gasteiger partial charge in [0.25, 0.3) is 0 Å². The van der Waals surface area contributed by atoms with Crippen LogP contribution in [0.5, 0.6) is 0 Å². The van der Waals surface area contributed by atoms with Crippen LogP contribution in [0.2, 0.25) is 0 Å². The molecule has 1 rings (SSSR count). The first-order valence-corrected chi connectivity index (χ1v) is 5.51. The number of rotatable bonds is 3. The summed E-state index contributed by atoms with van der Waals surface area (Å²) in [7, 11) is 0. The molecule has 0 aliphatic carbocycles. The molecule has 0 fully saturated rings. The number of hydrogen-bond acceptors (Lipinski definition) is 4. The number of ether oxygens (including phenoxy) is 1. The van der Waals surface area contributed by atoms with E-state index in [1.54, 1.807) is 0 Å². The lowest BCUT2D eigenvalue weighted by atomic mass is 9.91. The van der Waals surface area contributed by atoms with Crippen LogP contribution in [0.15, 0.2) is 12.1 Å². The molecule has 0 spiro atoms. The Bertz CT molecular complexity index is 520. The van der Waals surface area contributed by atoms with Gasteiger partial charge in [0.15, 0.2) is 0 Å². The van der Waals surface area contributed by atoms with Crippen molar-refractivity contribution in [3.8, 4) is 0 Å². The topological polar surface area (TPSA) is 102 Å². The highest BCUT2D eigenvalue weighted by atomic mass is 19.1. The van der Waals surface area contributed by atoms with E-state index in [-0.39, 0.29) is 11.1 Å². The van der Waals surface area contributed by atoms with Gasteiger partial charge in [-0.25, -0.2) is 13.6 Å². The van der Waals surface area contributed by atoms with Gasteiger partial charge in [0.05, 0.1) is 6.04 Å². The van der Waals surface area contributed by atoms with Crippen LogP contribution in [0.1, 0.15) is 24.0 Å². The fourth-order valence-electron chi connectivity index (χ4n) is 1.68. The number of carbonyl (C=O) groups is 1. The Morgan fingerprint density at radius 1 is 1.42 bits per heavy atom. The molecule has 7 heteroatoms. The van der Waals surface area contributed by atoms with Crippen LogP contribution in [0.3, 0.4) is 0 Å². The van der Waals surface area contributed by atoms with Crippen LogP contribution in [0.4, 0.5) is 13.6 Å². The largest absolute Gasteiger partial charge is 0.411 e. The van der Waals surface area contributed by atoms with Crippen molar-refractivity contribution in [2.75, 3.05) is 0 Å². The zero-order valence-electron chi connectivity index (χ0n) is 10.5. The Kier molecular flexibility index (Phi) is 4.55. The molecule has 0 heterocycles. The second-order valence-corrected chi connectivity index (χ2v) is 4.19. The molecule has 5 nitrogen and oxygen atoms in total. The SMILES string of the molecule is Cc1ccc(F)c(C(C)C(N)C(=N)OC(N)=O)c1F. The van der Waals surface area contributed by atoms with E-state index in [0.717, 1.165) is 6.07 Å². The number of halogens is 2. The number of carbonyl (C=O) groups excluding carboxylic acids is 1. The van der Waals surface area contributed by atoms with E-state index in [0.29, 0.717) is 0 Å². The fourth-order valence-corrected chi connectivity index (χ4v) is 1.68. The third-order valence-electron chi connectivity index (χ3n) is 2.83. The lowest BCUT2D eigenvalue weighted by Crippen LogP contribution is -2.39. The molecule has 0 aliphatic heterocycles. The molecule has 0 aromatic heterocycles. The average molecular weight is 271 g/mol. The number of amides is 1. The first-order valence-electron chi connectivity index (χ1n) is 5.51. The van der Waals surface area contributed by atoms with Gasteiger partial charge in [-0.1, -0.05) is 13.0 Å². The molecule has 0 saturated carbocycles. The molecule has 2 unspecified atom stereocenters. The number of primary amides is 1. The van der Waals surface area contributed by atoms with Gasteiger partial charge in [0.2, 0.25) is 5.90 Å². The standard InChI is InChI=1S/C12H15F2N3O2/c1-5-3-4-7(13)8(9(5)14)6(2)10(15)11(16)19-12(17)18/h3-4,6,10,16H,15H2,1-2H3,(H2,17,18). The van der Waals surface area contributed by atoms with Crippen LogP contribution in [-0.2, 0) is 4.74 Å². The number of nitrogens with one attached hydrogen (secondary N) is 1. The van der Waals surface area contributed by atoms with Crippen molar-refractivity contribution in [1.82, 2.24) is 0 Å². The van der Waals surface area contributed by atoms with Crippen LogP contribution in [-0.4, -0.2) is 18.0 Å². The third-order valence-corrected chi connectivity index (χ3v) is 2.83. The number of aryl methyl sites for hydroxylation is 1. The van der Waals surface area contributed by atoms with Gasteiger partial charge >= 0.3 is 6.09 Å². The summed E-state index contributed by atoms with van der Waals surface area (Å²) >= 11 is 0. The van der Waals surface area contributed by atoms with E-state index in [1.807, 2.05) is 0 Å². The lowest BCUT2D eigenvalue weighted by Gasteiger charge is -2.21. The zero-order valence-corrected chi connectivity index (χ0v) is 10.5. The quantitative estimate of drug-likeness (QED) is 0.576. The van der Waals surface area contributed by atoms with E-state index in [1.165, 1.54) is 19.9 Å². The summed E-state index contributed by atoms with van der Waals surface area (Å²) in [6, 6.07) is 1.24. The van der Waals surface area contributed by atoms with Gasteiger partial charge in [-0.3, -0.25) is 5.41 Å². The molecular weight excluding hydrogens is 256 g/mol. The maximum Gasteiger partial charge on any atom is 0.411 e. The Morgan fingerprint density at radius 3 is 2.53 bits per heavy atom. The van der Waals surface area contributed by atoms with Gasteiger partial charge < -0.3 is 16.2 Å². The van der Waals surface area contributed by atoms with Crippen LogP contribution in [0, 0.1) is 24.0 Å². The van der Waals surface area contributed by atoms with Crippen molar-refractivity contribution >= 4 is 12.0 Å². The summed E-state index contributed by atoms with van der Waals surface area (Å²) < 4.78 is 31.9. The van der Waals surface area contributed by atoms with Gasteiger partial charge in [-0.2, -0.15) is 0 Å². The predicted octanol–water partition coefficient (Wildman–Crippen LogP) is 1.78. The number of hydrogen-bond donors (Lipinski definition) is 3. The highest BCUT2D eigenvalue weighted by Crippen LogP contribution is 2.27. The Hall–Kier alpha value is -2.02. The maximum atomic E-state index is 13.9.